The Labute approximate surface area is 102 Å². The number of hydrogen-bond donors (Lipinski definition) is 2. The molecule has 5 atom stereocenters. The molecule has 1 saturated heterocycles. The van der Waals surface area contributed by atoms with Crippen molar-refractivity contribution in [1.82, 2.24) is 5.32 Å². The molecule has 17 heavy (non-hydrogen) atoms. The van der Waals surface area contributed by atoms with Gasteiger partial charge in [-0.3, -0.25) is 0 Å². The van der Waals surface area contributed by atoms with E-state index in [1.165, 1.54) is 6.92 Å². The Morgan fingerprint density at radius 2 is 1.94 bits per heavy atom. The highest BCUT2D eigenvalue weighted by Gasteiger charge is 2.49. The van der Waals surface area contributed by atoms with Crippen LogP contribution in [0, 0.1) is 17.8 Å². The second kappa shape index (κ2) is 4.81. The zero-order valence-electron chi connectivity index (χ0n) is 10.6. The molecule has 0 bridgehead atoms. The highest BCUT2D eigenvalue weighted by molar-refractivity contribution is 4.98. The molecule has 0 amide bonds. The summed E-state index contributed by atoms with van der Waals surface area (Å²) in [6.07, 6.45) is 1.08. The molecule has 2 aliphatic rings. The third-order valence-electron chi connectivity index (χ3n) is 4.90. The Balaban J connectivity index is 2.17. The Bertz CT molecular complexity index is 270. The van der Waals surface area contributed by atoms with Crippen LogP contribution in [0.15, 0.2) is 0 Å². The number of fused-ring (bicyclic) bond motifs is 1. The molecule has 0 aromatic rings. The average molecular weight is 247 g/mol. The van der Waals surface area contributed by atoms with Crippen LogP contribution in [0.5, 0.6) is 0 Å². The Kier molecular flexibility index (Phi) is 3.74. The number of rotatable bonds is 2. The van der Waals surface area contributed by atoms with Crippen molar-refractivity contribution in [2.24, 2.45) is 17.8 Å². The fraction of sp³-hybridized carbons (Fsp3) is 1.00. The fourth-order valence-electron chi connectivity index (χ4n) is 3.85. The highest BCUT2D eigenvalue weighted by Crippen LogP contribution is 2.46. The van der Waals surface area contributed by atoms with Crippen LogP contribution >= 0.6 is 0 Å². The van der Waals surface area contributed by atoms with Crippen molar-refractivity contribution in [2.45, 2.75) is 57.6 Å². The third-order valence-corrected chi connectivity index (χ3v) is 4.90. The molecule has 0 unspecified atom stereocenters. The van der Waals surface area contributed by atoms with Gasteiger partial charge in [-0.15, -0.1) is 0 Å². The maximum absolute atomic E-state index is 13.0. The largest absolute Gasteiger partial charge is 0.384 e. The van der Waals surface area contributed by atoms with E-state index in [0.29, 0.717) is 12.0 Å². The van der Waals surface area contributed by atoms with Gasteiger partial charge in [-0.1, -0.05) is 6.42 Å². The second-order valence-corrected chi connectivity index (χ2v) is 5.92. The number of halogens is 2. The lowest BCUT2D eigenvalue weighted by Crippen LogP contribution is -2.55. The molecule has 1 heterocycles. The summed E-state index contributed by atoms with van der Waals surface area (Å²) < 4.78 is 26.0. The van der Waals surface area contributed by atoms with E-state index in [0.717, 1.165) is 32.2 Å². The van der Waals surface area contributed by atoms with Crippen LogP contribution in [-0.4, -0.2) is 29.7 Å². The topological polar surface area (TPSA) is 32.3 Å². The van der Waals surface area contributed by atoms with Crippen LogP contribution in [0.4, 0.5) is 8.78 Å². The predicted octanol–water partition coefficient (Wildman–Crippen LogP) is 2.42. The van der Waals surface area contributed by atoms with Gasteiger partial charge in [0.1, 0.15) is 5.60 Å². The molecule has 0 aromatic heterocycles. The highest BCUT2D eigenvalue weighted by atomic mass is 19.3. The summed E-state index contributed by atoms with van der Waals surface area (Å²) in [5, 5.41) is 13.5. The maximum atomic E-state index is 13.0. The van der Waals surface area contributed by atoms with Crippen molar-refractivity contribution < 1.29 is 13.9 Å². The minimum Gasteiger partial charge on any atom is -0.384 e. The molecule has 2 fully saturated rings. The molecule has 0 spiro atoms. The van der Waals surface area contributed by atoms with Crippen molar-refractivity contribution in [3.05, 3.63) is 0 Å². The zero-order chi connectivity index (χ0) is 12.6. The molecule has 1 aliphatic heterocycles. The fourth-order valence-corrected chi connectivity index (χ4v) is 3.85. The van der Waals surface area contributed by atoms with Crippen LogP contribution in [0.1, 0.15) is 39.5 Å². The SMILES string of the molecule is C[C@@H]1NCC[C@@H]2[C@@H]1CCC[C@H]2[C@](C)(O)C(F)F. The summed E-state index contributed by atoms with van der Waals surface area (Å²) in [5.41, 5.74) is -1.82. The van der Waals surface area contributed by atoms with Crippen molar-refractivity contribution in [3.63, 3.8) is 0 Å². The molecule has 2 rings (SSSR count). The maximum Gasteiger partial charge on any atom is 0.266 e. The molecular formula is C13H23F2NO. The first-order chi connectivity index (χ1) is 7.94. The minimum absolute atomic E-state index is 0.245. The zero-order valence-corrected chi connectivity index (χ0v) is 10.6. The lowest BCUT2D eigenvalue weighted by atomic mass is 9.62. The molecule has 0 radical (unpaired) electrons. The molecule has 0 aromatic carbocycles. The van der Waals surface area contributed by atoms with Gasteiger partial charge in [0.2, 0.25) is 0 Å². The van der Waals surface area contributed by atoms with Gasteiger partial charge in [0, 0.05) is 6.04 Å². The number of nitrogens with one attached hydrogen (secondary N) is 1. The van der Waals surface area contributed by atoms with Gasteiger partial charge < -0.3 is 10.4 Å². The van der Waals surface area contributed by atoms with Gasteiger partial charge in [-0.2, -0.15) is 0 Å². The van der Waals surface area contributed by atoms with E-state index < -0.39 is 12.0 Å². The van der Waals surface area contributed by atoms with Crippen molar-refractivity contribution in [3.8, 4) is 0 Å². The molecule has 1 aliphatic carbocycles. The predicted molar refractivity (Wildman–Crippen MR) is 63.0 cm³/mol. The quantitative estimate of drug-likeness (QED) is 0.785. The molecular weight excluding hydrogens is 224 g/mol. The van der Waals surface area contributed by atoms with E-state index in [1.807, 2.05) is 0 Å². The number of aliphatic hydroxyl groups is 1. The van der Waals surface area contributed by atoms with Gasteiger partial charge in [0.15, 0.2) is 0 Å². The smallest absolute Gasteiger partial charge is 0.266 e. The van der Waals surface area contributed by atoms with Crippen LogP contribution < -0.4 is 5.32 Å². The van der Waals surface area contributed by atoms with E-state index in [-0.39, 0.29) is 11.8 Å². The summed E-state index contributed by atoms with van der Waals surface area (Å²) in [4.78, 5) is 0. The minimum atomic E-state index is -2.64. The van der Waals surface area contributed by atoms with Gasteiger partial charge >= 0.3 is 0 Å². The Hall–Kier alpha value is -0.220. The third kappa shape index (κ3) is 2.34. The first-order valence-electron chi connectivity index (χ1n) is 6.68. The lowest BCUT2D eigenvalue weighted by molar-refractivity contribution is -0.153. The first kappa shape index (κ1) is 13.2. The van der Waals surface area contributed by atoms with Gasteiger partial charge in [-0.05, 0) is 57.4 Å². The van der Waals surface area contributed by atoms with Crippen LogP contribution in [-0.2, 0) is 0 Å². The summed E-state index contributed by atoms with van der Waals surface area (Å²) in [7, 11) is 0. The number of alkyl halides is 2. The van der Waals surface area contributed by atoms with E-state index in [9.17, 15) is 13.9 Å². The summed E-state index contributed by atoms with van der Waals surface area (Å²) in [5.74, 6) is 0.461. The van der Waals surface area contributed by atoms with E-state index in [4.69, 9.17) is 0 Å². The molecule has 100 valence electrons. The number of hydrogen-bond acceptors (Lipinski definition) is 2. The van der Waals surface area contributed by atoms with Crippen molar-refractivity contribution in [1.29, 1.82) is 0 Å². The normalized spacial score (nSPS) is 42.0. The summed E-state index contributed by atoms with van der Waals surface area (Å²) >= 11 is 0. The van der Waals surface area contributed by atoms with Gasteiger partial charge in [0.05, 0.1) is 0 Å². The molecule has 2 N–H and O–H groups in total. The van der Waals surface area contributed by atoms with Crippen molar-refractivity contribution in [2.75, 3.05) is 6.54 Å². The monoisotopic (exact) mass is 247 g/mol. The van der Waals surface area contributed by atoms with Crippen LogP contribution in [0.3, 0.4) is 0 Å². The Morgan fingerprint density at radius 1 is 1.24 bits per heavy atom. The van der Waals surface area contributed by atoms with Gasteiger partial charge in [0.25, 0.3) is 6.43 Å². The molecule has 1 saturated carbocycles. The van der Waals surface area contributed by atoms with Crippen LogP contribution in [0.2, 0.25) is 0 Å². The molecule has 4 heteroatoms. The van der Waals surface area contributed by atoms with Crippen LogP contribution in [0.25, 0.3) is 0 Å². The molecule has 2 nitrogen and oxygen atoms in total. The van der Waals surface area contributed by atoms with Gasteiger partial charge in [-0.25, -0.2) is 8.78 Å². The Morgan fingerprint density at radius 3 is 2.59 bits per heavy atom. The summed E-state index contributed by atoms with van der Waals surface area (Å²) in [6, 6.07) is 0.394. The lowest BCUT2D eigenvalue weighted by Gasteiger charge is -2.49. The van der Waals surface area contributed by atoms with Crippen molar-refractivity contribution >= 4 is 0 Å². The second-order valence-electron chi connectivity index (χ2n) is 5.92. The number of piperidine rings is 1. The van der Waals surface area contributed by atoms with E-state index in [1.54, 1.807) is 0 Å². The van der Waals surface area contributed by atoms with E-state index >= 15 is 0 Å². The van der Waals surface area contributed by atoms with E-state index in [2.05, 4.69) is 12.2 Å². The average Bonchev–Trinajstić information content (AvgIpc) is 2.28. The first-order valence-corrected chi connectivity index (χ1v) is 6.68. The standard InChI is InChI=1S/C13H23F2NO/c1-8-9-4-3-5-11(10(9)6-7-16-8)13(2,17)12(14)15/h8-12,16-17H,3-7H2,1-2H3/t8-,9+,10+,11+,13-/m0/s1. The summed E-state index contributed by atoms with van der Waals surface area (Å²) in [6.45, 7) is 4.34.